The number of amides is 1. The number of halogens is 1. The Kier molecular flexibility index (Phi) is 3.17. The number of rotatable bonds is 2. The van der Waals surface area contributed by atoms with Gasteiger partial charge in [0.25, 0.3) is 5.91 Å². The van der Waals surface area contributed by atoms with Crippen LogP contribution in [0.1, 0.15) is 16.1 Å². The van der Waals surface area contributed by atoms with Crippen molar-refractivity contribution in [3.63, 3.8) is 0 Å². The van der Waals surface area contributed by atoms with Gasteiger partial charge in [-0.25, -0.2) is 9.37 Å². The molecule has 1 N–H and O–H groups in total. The first-order valence-corrected chi connectivity index (χ1v) is 6.53. The molecule has 0 spiro atoms. The predicted octanol–water partition coefficient (Wildman–Crippen LogP) is 3.27. The molecule has 4 nitrogen and oxygen atoms in total. The smallest absolute Gasteiger partial charge is 0.273 e. The minimum absolute atomic E-state index is 0.271. The van der Waals surface area contributed by atoms with Crippen molar-refractivity contribution in [2.75, 3.05) is 5.32 Å². The van der Waals surface area contributed by atoms with E-state index in [-0.39, 0.29) is 11.7 Å². The zero-order chi connectivity index (χ0) is 15.0. The molecular weight excluding hydrogens is 269 g/mol. The van der Waals surface area contributed by atoms with Crippen molar-refractivity contribution < 1.29 is 9.18 Å². The molecule has 3 rings (SSSR count). The van der Waals surface area contributed by atoms with E-state index in [0.717, 1.165) is 10.9 Å². The molecule has 0 atom stereocenters. The summed E-state index contributed by atoms with van der Waals surface area (Å²) in [7, 11) is 1.74. The highest BCUT2D eigenvalue weighted by molar-refractivity contribution is 6.06. The number of benzene rings is 1. The number of nitrogens with zero attached hydrogens (tertiary/aromatic N) is 2. The molecule has 0 radical (unpaired) electrons. The number of carbonyl (C=O) groups is 1. The van der Waals surface area contributed by atoms with Crippen molar-refractivity contribution in [1.82, 2.24) is 9.55 Å². The number of fused-ring (bicyclic) bond motifs is 1. The van der Waals surface area contributed by atoms with Crippen LogP contribution in [0.5, 0.6) is 0 Å². The maximum Gasteiger partial charge on any atom is 0.273 e. The Bertz CT molecular complexity index is 839. The molecule has 106 valence electrons. The molecular formula is C16H14FN3O. The number of anilines is 1. The topological polar surface area (TPSA) is 46.9 Å². The second-order valence-electron chi connectivity index (χ2n) is 4.96. The Morgan fingerprint density at radius 1 is 1.24 bits per heavy atom. The SMILES string of the molecule is Cc1ccnc(NC(=O)c2cc3ccc(F)cc3n2C)c1. The van der Waals surface area contributed by atoms with E-state index in [0.29, 0.717) is 17.0 Å². The second kappa shape index (κ2) is 5.01. The van der Waals surface area contributed by atoms with Gasteiger partial charge in [-0.2, -0.15) is 0 Å². The van der Waals surface area contributed by atoms with Crippen molar-refractivity contribution in [3.05, 3.63) is 59.7 Å². The number of hydrogen-bond acceptors (Lipinski definition) is 2. The molecule has 21 heavy (non-hydrogen) atoms. The van der Waals surface area contributed by atoms with E-state index in [9.17, 15) is 9.18 Å². The number of aryl methyl sites for hydroxylation is 2. The number of nitrogens with one attached hydrogen (secondary N) is 1. The summed E-state index contributed by atoms with van der Waals surface area (Å²) in [6.07, 6.45) is 1.64. The zero-order valence-corrected chi connectivity index (χ0v) is 11.7. The lowest BCUT2D eigenvalue weighted by Gasteiger charge is -2.06. The van der Waals surface area contributed by atoms with Crippen molar-refractivity contribution in [3.8, 4) is 0 Å². The Hall–Kier alpha value is -2.69. The number of aromatic nitrogens is 2. The van der Waals surface area contributed by atoms with Crippen molar-refractivity contribution in [1.29, 1.82) is 0 Å². The van der Waals surface area contributed by atoms with Crippen molar-refractivity contribution in [2.45, 2.75) is 6.92 Å². The normalized spacial score (nSPS) is 10.8. The molecule has 1 amide bonds. The highest BCUT2D eigenvalue weighted by Gasteiger charge is 2.14. The van der Waals surface area contributed by atoms with Crippen LogP contribution in [-0.4, -0.2) is 15.5 Å². The molecule has 5 heteroatoms. The maximum atomic E-state index is 13.3. The molecule has 2 heterocycles. The molecule has 2 aromatic heterocycles. The first kappa shape index (κ1) is 13.3. The third-order valence-corrected chi connectivity index (χ3v) is 3.40. The van der Waals surface area contributed by atoms with Gasteiger partial charge in [0.15, 0.2) is 0 Å². The molecule has 0 aliphatic rings. The maximum absolute atomic E-state index is 13.3. The van der Waals surface area contributed by atoms with Crippen LogP contribution in [-0.2, 0) is 7.05 Å². The largest absolute Gasteiger partial charge is 0.340 e. The molecule has 0 unspecified atom stereocenters. The molecule has 1 aromatic carbocycles. The van der Waals surface area contributed by atoms with Gasteiger partial charge in [-0.1, -0.05) is 0 Å². The fraction of sp³-hybridized carbons (Fsp3) is 0.125. The lowest BCUT2D eigenvalue weighted by Crippen LogP contribution is -2.16. The van der Waals surface area contributed by atoms with Crippen molar-refractivity contribution in [2.24, 2.45) is 7.05 Å². The van der Waals surface area contributed by atoms with Gasteiger partial charge in [0, 0.05) is 18.6 Å². The van der Waals surface area contributed by atoms with E-state index in [4.69, 9.17) is 0 Å². The summed E-state index contributed by atoms with van der Waals surface area (Å²) in [5, 5.41) is 3.57. The quantitative estimate of drug-likeness (QED) is 0.784. The van der Waals surface area contributed by atoms with Crippen LogP contribution in [0, 0.1) is 12.7 Å². The predicted molar refractivity (Wildman–Crippen MR) is 79.8 cm³/mol. The average Bonchev–Trinajstić information content (AvgIpc) is 2.76. The zero-order valence-electron chi connectivity index (χ0n) is 11.7. The third kappa shape index (κ3) is 2.50. The fourth-order valence-corrected chi connectivity index (χ4v) is 2.31. The van der Waals surface area contributed by atoms with Crippen LogP contribution in [0.4, 0.5) is 10.2 Å². The van der Waals surface area contributed by atoms with Crippen LogP contribution in [0.15, 0.2) is 42.6 Å². The van der Waals surface area contributed by atoms with Crippen LogP contribution in [0.3, 0.4) is 0 Å². The highest BCUT2D eigenvalue weighted by atomic mass is 19.1. The molecule has 3 aromatic rings. The van der Waals surface area contributed by atoms with Gasteiger partial charge in [-0.3, -0.25) is 4.79 Å². The van der Waals surface area contributed by atoms with Gasteiger partial charge in [0.05, 0.1) is 5.52 Å². The van der Waals surface area contributed by atoms with Gasteiger partial charge in [0.1, 0.15) is 17.3 Å². The summed E-state index contributed by atoms with van der Waals surface area (Å²) in [5.74, 6) is -0.0975. The Labute approximate surface area is 121 Å². The molecule has 0 bridgehead atoms. The summed E-state index contributed by atoms with van der Waals surface area (Å²) < 4.78 is 15.0. The molecule has 0 aliphatic heterocycles. The molecule has 0 saturated heterocycles. The lowest BCUT2D eigenvalue weighted by atomic mass is 10.2. The van der Waals surface area contributed by atoms with Crippen LogP contribution in [0.2, 0.25) is 0 Å². The van der Waals surface area contributed by atoms with E-state index in [1.165, 1.54) is 12.1 Å². The average molecular weight is 283 g/mol. The van der Waals surface area contributed by atoms with Crippen LogP contribution in [0.25, 0.3) is 10.9 Å². The van der Waals surface area contributed by atoms with E-state index in [2.05, 4.69) is 10.3 Å². The minimum Gasteiger partial charge on any atom is -0.340 e. The van der Waals surface area contributed by atoms with Gasteiger partial charge in [-0.05, 0) is 48.9 Å². The number of hydrogen-bond donors (Lipinski definition) is 1. The fourth-order valence-electron chi connectivity index (χ4n) is 2.31. The van der Waals surface area contributed by atoms with Gasteiger partial charge >= 0.3 is 0 Å². The first-order chi connectivity index (χ1) is 10.0. The molecule has 0 fully saturated rings. The highest BCUT2D eigenvalue weighted by Crippen LogP contribution is 2.20. The van der Waals surface area contributed by atoms with Gasteiger partial charge in [-0.15, -0.1) is 0 Å². The standard InChI is InChI=1S/C16H14FN3O/c1-10-5-6-18-15(7-10)19-16(21)14-8-11-3-4-12(17)9-13(11)20(14)2/h3-9H,1-2H3,(H,18,19,21). The van der Waals surface area contributed by atoms with Gasteiger partial charge < -0.3 is 9.88 Å². The molecule has 0 saturated carbocycles. The first-order valence-electron chi connectivity index (χ1n) is 6.53. The lowest BCUT2D eigenvalue weighted by molar-refractivity contribution is 0.101. The summed E-state index contributed by atoms with van der Waals surface area (Å²) in [5.41, 5.74) is 2.15. The summed E-state index contributed by atoms with van der Waals surface area (Å²) >= 11 is 0. The monoisotopic (exact) mass is 283 g/mol. The van der Waals surface area contributed by atoms with E-state index < -0.39 is 0 Å². The van der Waals surface area contributed by atoms with Crippen LogP contribution < -0.4 is 5.32 Å². The van der Waals surface area contributed by atoms with Crippen molar-refractivity contribution >= 4 is 22.6 Å². The van der Waals surface area contributed by atoms with Crippen LogP contribution >= 0.6 is 0 Å². The number of pyridine rings is 1. The number of carbonyl (C=O) groups excluding carboxylic acids is 1. The second-order valence-corrected chi connectivity index (χ2v) is 4.96. The Balaban J connectivity index is 1.96. The van der Waals surface area contributed by atoms with Gasteiger partial charge in [0.2, 0.25) is 0 Å². The summed E-state index contributed by atoms with van der Waals surface area (Å²) in [6, 6.07) is 9.84. The Morgan fingerprint density at radius 3 is 2.81 bits per heavy atom. The van der Waals surface area contributed by atoms with E-state index >= 15 is 0 Å². The minimum atomic E-state index is -0.323. The van der Waals surface area contributed by atoms with E-state index in [1.807, 2.05) is 13.0 Å². The van der Waals surface area contributed by atoms with E-state index in [1.54, 1.807) is 36.0 Å². The Morgan fingerprint density at radius 2 is 2.05 bits per heavy atom. The summed E-state index contributed by atoms with van der Waals surface area (Å²) in [6.45, 7) is 1.93. The molecule has 0 aliphatic carbocycles. The third-order valence-electron chi connectivity index (χ3n) is 3.40. The summed E-state index contributed by atoms with van der Waals surface area (Å²) in [4.78, 5) is 16.4.